The summed E-state index contributed by atoms with van der Waals surface area (Å²) in [5.41, 5.74) is 12.8. The van der Waals surface area contributed by atoms with E-state index in [1.54, 1.807) is 4.90 Å². The van der Waals surface area contributed by atoms with E-state index < -0.39 is 11.7 Å². The number of carbonyl (C=O) groups is 2. The van der Waals surface area contributed by atoms with E-state index in [0.29, 0.717) is 0 Å². The van der Waals surface area contributed by atoms with Gasteiger partial charge in [-0.3, -0.25) is 9.80 Å². The van der Waals surface area contributed by atoms with Crippen LogP contribution in [0.2, 0.25) is 0 Å². The van der Waals surface area contributed by atoms with Crippen LogP contribution >= 0.6 is 0 Å². The number of benzene rings is 4. The van der Waals surface area contributed by atoms with Gasteiger partial charge in [0.15, 0.2) is 0 Å². The summed E-state index contributed by atoms with van der Waals surface area (Å²) in [6, 6.07) is 23.4. The van der Waals surface area contributed by atoms with E-state index in [1.807, 2.05) is 26.8 Å². The molecular weight excluding hydrogens is 801 g/mol. The molecule has 10 nitrogen and oxygen atoms in total. The first-order valence-corrected chi connectivity index (χ1v) is 23.3. The molecule has 0 unspecified atom stereocenters. The second-order valence-electron chi connectivity index (χ2n) is 21.2. The number of hydrogen-bond donors (Lipinski definition) is 1. The Hall–Kier alpha value is -4.74. The van der Waals surface area contributed by atoms with Crippen molar-refractivity contribution >= 4 is 34.9 Å². The number of morpholine rings is 2. The molecule has 2 fully saturated rings. The molecule has 344 valence electrons. The standard InChI is InChI=1S/2C27H36N2O3/c1-19-7-10-23-22(17-19)27(5,6)21-9-8-20(11-12-28-13-15-31-16-14-28)18-24(21)29(23)25(30)32-26(2,3)4;1-18-7-10-21-24(23(18)26(2,3)4)27(5,6)20-9-8-19(17-22(20)29(21)25(30)31)11-12-28-13-15-32-16-14-28/h7-10,17-18H,11-16H2,1-6H3;7-10,17H,11-16H2,1-6H3,(H,30,31). The molecule has 0 atom stereocenters. The van der Waals surface area contributed by atoms with E-state index in [4.69, 9.17) is 14.2 Å². The molecule has 4 aliphatic heterocycles. The van der Waals surface area contributed by atoms with Crippen molar-refractivity contribution in [1.82, 2.24) is 9.80 Å². The molecule has 0 aliphatic carbocycles. The molecule has 0 saturated carbocycles. The number of fused-ring (bicyclic) bond motifs is 4. The van der Waals surface area contributed by atoms with Gasteiger partial charge in [0.05, 0.1) is 49.2 Å². The van der Waals surface area contributed by atoms with E-state index in [9.17, 15) is 14.7 Å². The molecule has 10 heteroatoms. The van der Waals surface area contributed by atoms with Gasteiger partial charge < -0.3 is 19.3 Å². The maximum absolute atomic E-state index is 13.4. The zero-order valence-electron chi connectivity index (χ0n) is 40.6. The lowest BCUT2D eigenvalue weighted by Gasteiger charge is -2.43. The van der Waals surface area contributed by atoms with E-state index in [-0.39, 0.29) is 22.3 Å². The third kappa shape index (κ3) is 9.76. The van der Waals surface area contributed by atoms with Gasteiger partial charge in [0, 0.05) is 50.1 Å². The molecule has 4 aliphatic rings. The van der Waals surface area contributed by atoms with E-state index >= 15 is 0 Å². The van der Waals surface area contributed by atoms with Crippen molar-refractivity contribution in [1.29, 1.82) is 0 Å². The van der Waals surface area contributed by atoms with Crippen molar-refractivity contribution < 1.29 is 28.9 Å². The first kappa shape index (κ1) is 47.2. The van der Waals surface area contributed by atoms with Crippen LogP contribution in [-0.4, -0.2) is 98.4 Å². The quantitative estimate of drug-likeness (QED) is 0.205. The van der Waals surface area contributed by atoms with Crippen molar-refractivity contribution in [3.63, 3.8) is 0 Å². The van der Waals surface area contributed by atoms with Crippen molar-refractivity contribution in [3.05, 3.63) is 117 Å². The van der Waals surface area contributed by atoms with Crippen molar-refractivity contribution in [2.75, 3.05) is 75.5 Å². The van der Waals surface area contributed by atoms with Crippen LogP contribution in [0.4, 0.5) is 32.3 Å². The highest BCUT2D eigenvalue weighted by Crippen LogP contribution is 2.53. The van der Waals surface area contributed by atoms with Gasteiger partial charge in [-0.15, -0.1) is 0 Å². The maximum atomic E-state index is 13.4. The summed E-state index contributed by atoms with van der Waals surface area (Å²) in [6.45, 7) is 34.6. The van der Waals surface area contributed by atoms with Gasteiger partial charge in [-0.05, 0) is 122 Å². The molecule has 0 radical (unpaired) electrons. The molecule has 8 rings (SSSR count). The predicted molar refractivity (Wildman–Crippen MR) is 259 cm³/mol. The number of aryl methyl sites for hydroxylation is 2. The second-order valence-corrected chi connectivity index (χ2v) is 21.2. The van der Waals surface area contributed by atoms with Gasteiger partial charge in [-0.1, -0.05) is 96.5 Å². The molecule has 0 spiro atoms. The fourth-order valence-corrected chi connectivity index (χ4v) is 10.2. The smallest absolute Gasteiger partial charge is 0.419 e. The van der Waals surface area contributed by atoms with Gasteiger partial charge in [-0.2, -0.15) is 0 Å². The largest absolute Gasteiger partial charge is 0.464 e. The van der Waals surface area contributed by atoms with Crippen molar-refractivity contribution in [2.45, 2.75) is 118 Å². The van der Waals surface area contributed by atoms with E-state index in [1.165, 1.54) is 32.7 Å². The summed E-state index contributed by atoms with van der Waals surface area (Å²) >= 11 is 0. The maximum Gasteiger partial charge on any atom is 0.419 e. The summed E-state index contributed by atoms with van der Waals surface area (Å²) in [5.74, 6) is 0. The highest BCUT2D eigenvalue weighted by molar-refractivity contribution is 6.01. The van der Waals surface area contributed by atoms with Gasteiger partial charge in [0.1, 0.15) is 5.60 Å². The number of anilines is 4. The minimum absolute atomic E-state index is 0.0908. The zero-order valence-corrected chi connectivity index (χ0v) is 40.6. The SMILES string of the molecule is Cc1ccc2c(c1)C(C)(C)c1ccc(CCN3CCOCC3)cc1N2C(=O)OC(C)(C)C.Cc1ccc2c(c1C(C)(C)C)C(C)(C)c1ccc(CCN3CCOCC3)cc1N2C(=O)O. The van der Waals surface area contributed by atoms with Crippen LogP contribution in [0.15, 0.2) is 66.7 Å². The normalized spacial score (nSPS) is 18.2. The predicted octanol–water partition coefficient (Wildman–Crippen LogP) is 11.2. The van der Waals surface area contributed by atoms with Gasteiger partial charge in [0.2, 0.25) is 0 Å². The Labute approximate surface area is 382 Å². The molecular formula is C54H72N4O6. The number of ether oxygens (including phenoxy) is 3. The third-order valence-electron chi connectivity index (χ3n) is 13.4. The van der Waals surface area contributed by atoms with Crippen LogP contribution in [0, 0.1) is 13.8 Å². The molecule has 4 aromatic rings. The first-order valence-electron chi connectivity index (χ1n) is 23.3. The summed E-state index contributed by atoms with van der Waals surface area (Å²) in [4.78, 5) is 34.1. The molecule has 4 heterocycles. The molecule has 1 N–H and O–H groups in total. The van der Waals surface area contributed by atoms with Crippen LogP contribution in [0.5, 0.6) is 0 Å². The average molecular weight is 873 g/mol. The molecule has 0 aromatic heterocycles. The van der Waals surface area contributed by atoms with E-state index in [0.717, 1.165) is 124 Å². The highest BCUT2D eigenvalue weighted by atomic mass is 16.6. The van der Waals surface area contributed by atoms with E-state index in [2.05, 4.69) is 133 Å². The number of amides is 2. The summed E-state index contributed by atoms with van der Waals surface area (Å²) in [7, 11) is 0. The van der Waals surface area contributed by atoms with Gasteiger partial charge >= 0.3 is 12.2 Å². The lowest BCUT2D eigenvalue weighted by molar-refractivity contribution is 0.0384. The van der Waals surface area contributed by atoms with Crippen molar-refractivity contribution in [3.8, 4) is 0 Å². The van der Waals surface area contributed by atoms with Crippen molar-refractivity contribution in [2.24, 2.45) is 0 Å². The highest BCUT2D eigenvalue weighted by Gasteiger charge is 2.43. The van der Waals surface area contributed by atoms with Gasteiger partial charge in [-0.25, -0.2) is 19.4 Å². The number of nitrogens with zero attached hydrogens (tertiary/aromatic N) is 4. The summed E-state index contributed by atoms with van der Waals surface area (Å²) in [5, 5.41) is 10.3. The molecule has 2 saturated heterocycles. The lowest BCUT2D eigenvalue weighted by Crippen LogP contribution is -2.40. The Morgan fingerprint density at radius 1 is 0.625 bits per heavy atom. The third-order valence-corrected chi connectivity index (χ3v) is 13.4. The molecule has 64 heavy (non-hydrogen) atoms. The fraction of sp³-hybridized carbons (Fsp3) is 0.519. The average Bonchev–Trinajstić information content (AvgIpc) is 3.22. The topological polar surface area (TPSA) is 95.0 Å². The van der Waals surface area contributed by atoms with Crippen LogP contribution in [0.25, 0.3) is 0 Å². The van der Waals surface area contributed by atoms with Crippen LogP contribution < -0.4 is 9.80 Å². The Kier molecular flexibility index (Phi) is 13.5. The van der Waals surface area contributed by atoms with Crippen LogP contribution in [-0.2, 0) is 43.3 Å². The monoisotopic (exact) mass is 873 g/mol. The summed E-state index contributed by atoms with van der Waals surface area (Å²) < 4.78 is 16.8. The number of carboxylic acid groups (broad SMARTS) is 1. The lowest BCUT2D eigenvalue weighted by atomic mass is 9.66. The van der Waals surface area contributed by atoms with Crippen LogP contribution in [0.1, 0.15) is 119 Å². The van der Waals surface area contributed by atoms with Gasteiger partial charge in [0.25, 0.3) is 0 Å². The fourth-order valence-electron chi connectivity index (χ4n) is 10.2. The Bertz CT molecular complexity index is 2360. The number of carbonyl (C=O) groups excluding carboxylic acids is 1. The number of rotatable bonds is 6. The minimum Gasteiger partial charge on any atom is -0.464 e. The summed E-state index contributed by atoms with van der Waals surface area (Å²) in [6.07, 6.45) is 0.577. The second kappa shape index (κ2) is 18.3. The van der Waals surface area contributed by atoms with Crippen LogP contribution in [0.3, 0.4) is 0 Å². The molecule has 4 aromatic carbocycles. The molecule has 0 bridgehead atoms. The first-order chi connectivity index (χ1) is 30.1. The minimum atomic E-state index is -0.933. The Morgan fingerprint density at radius 2 is 1.12 bits per heavy atom. The zero-order chi connectivity index (χ0) is 46.4. The Balaban J connectivity index is 0.000000191. The number of hydrogen-bond acceptors (Lipinski definition) is 7. The molecule has 2 amide bonds. The Morgan fingerprint density at radius 3 is 1.62 bits per heavy atom.